The van der Waals surface area contributed by atoms with Gasteiger partial charge in [-0.05, 0) is 192 Å². The molecule has 3 aliphatic rings. The maximum atomic E-state index is 11.6. The molecule has 4 aromatic heterocycles. The second-order valence-electron chi connectivity index (χ2n) is 27.8. The van der Waals surface area contributed by atoms with Crippen molar-refractivity contribution in [1.82, 2.24) is 26.1 Å². The van der Waals surface area contributed by atoms with E-state index in [1.54, 1.807) is 57.4 Å². The fourth-order valence-corrected chi connectivity index (χ4v) is 12.2. The van der Waals surface area contributed by atoms with Crippen LogP contribution in [0.1, 0.15) is 241 Å². The van der Waals surface area contributed by atoms with Gasteiger partial charge in [0, 0.05) is 141 Å². The number of carbonyl (C=O) groups is 6. The molecule has 0 bridgehead atoms. The van der Waals surface area contributed by atoms with Gasteiger partial charge in [0.05, 0.1) is 26.4 Å². The van der Waals surface area contributed by atoms with Gasteiger partial charge in [0.25, 0.3) is 11.1 Å². The van der Waals surface area contributed by atoms with Gasteiger partial charge in [0.1, 0.15) is 29.3 Å². The summed E-state index contributed by atoms with van der Waals surface area (Å²) in [6, 6.07) is 24.8. The maximum Gasteiger partial charge on any atom is 0.372 e. The molecule has 0 saturated carbocycles. The molecule has 112 heavy (non-hydrogen) atoms. The van der Waals surface area contributed by atoms with Crippen molar-refractivity contribution < 1.29 is 86.4 Å². The summed E-state index contributed by atoms with van der Waals surface area (Å²) in [5, 5.41) is 55.5. The number of nitrogens with zero attached hydrogens (tertiary/aromatic N) is 7. The molecular formula is C81H109Cl4N9O18. The first-order valence-electron chi connectivity index (χ1n) is 37.6. The summed E-state index contributed by atoms with van der Waals surface area (Å²) < 4.78 is 39.0. The number of hydroxylamine groups is 1. The lowest BCUT2D eigenvalue weighted by Gasteiger charge is -2.40. The van der Waals surface area contributed by atoms with Gasteiger partial charge in [0.2, 0.25) is 0 Å². The van der Waals surface area contributed by atoms with E-state index in [2.05, 4.69) is 129 Å². The molecule has 3 aliphatic heterocycles. The first-order valence-corrected chi connectivity index (χ1v) is 39.2. The lowest BCUT2D eigenvalue weighted by atomic mass is 9.77. The summed E-state index contributed by atoms with van der Waals surface area (Å²) in [7, 11) is 0. The number of hydrogen-bond donors (Lipinski definition) is 6. The highest BCUT2D eigenvalue weighted by atomic mass is 35.5. The van der Waals surface area contributed by atoms with Gasteiger partial charge in [-0.1, -0.05) is 114 Å². The lowest BCUT2D eigenvalue weighted by molar-refractivity contribution is -0.134. The van der Waals surface area contributed by atoms with E-state index in [4.69, 9.17) is 106 Å². The standard InChI is InChI=1S/C21H27ClN2O3.C19H24ClN3O3.C11H14ClN.C10H15NO4.C10H13NO4.C6H10O.C4H6ClNO3/c1-4-26-20(25)18-14-16(27-23-18)7-5-6-11-24-12-10-21(2,3)17-13-15(22)8-9-19(17)24;1-19(2)8-10-23(17-7-6-13(20)11-15(17)19)9-4-3-5-14-12-16(22-26-14)18(24)21-25;1-11(2)5-6-13-10-4-3-8(12)7-9(10)11;2*1-2-14-10(13)9-7-8(15-11-9)5-3-4-6-12;1-2-3-4-5-6-7;1-2-9-4(7)3(5)6-8/h8-9,13-14H,4-7,10-12H2,1-3H3;6-7,11-12,25H,3-5,8-10H2,1-2H3,(H,21,24);3-4,7,13H,5-6H2,1-2H3;7,12H,2-6H2,1H3;6-7H,2-5H2,1H3;1,7H,3-6H2;8H,2H2,1H3/b;;;;;;6-3-. The number of fused-ring (bicyclic) bond motifs is 3. The van der Waals surface area contributed by atoms with Crippen LogP contribution < -0.4 is 20.6 Å². The SMILES string of the molecule is C#CCCCCO.CC1(C)CCN(CCCCc2cc(C(=O)NO)no2)c2ccc(Cl)cc21.CC1(C)CCNc2ccc(Cl)cc21.CCOC(=O)/C(Cl)=N/O.CCOC(=O)c1cc(CCCC=O)on1.CCOC(=O)c1cc(CCCCN2CCC(C)(C)c3cc(Cl)ccc32)on1.CCOC(=O)c1cc(CCCCO)on1. The van der Waals surface area contributed by atoms with E-state index in [0.29, 0.717) is 69.2 Å². The highest BCUT2D eigenvalue weighted by molar-refractivity contribution is 6.81. The van der Waals surface area contributed by atoms with E-state index < -0.39 is 35.0 Å². The molecule has 0 spiro atoms. The Bertz CT molecular complexity index is 4090. The van der Waals surface area contributed by atoms with Crippen molar-refractivity contribution >= 4 is 105 Å². The topological polar surface area (TPSA) is 367 Å². The van der Waals surface area contributed by atoms with Gasteiger partial charge in [-0.2, -0.15) is 0 Å². The number of carbonyl (C=O) groups excluding carboxylic acids is 6. The Hall–Kier alpha value is -9.01. The quantitative estimate of drug-likeness (QED) is 0.00280. The number of hydrogen-bond acceptors (Lipinski definition) is 26. The molecule has 10 rings (SSSR count). The minimum Gasteiger partial charge on any atom is -0.461 e. The number of esters is 4. The van der Waals surface area contributed by atoms with Gasteiger partial charge in [-0.3, -0.25) is 10.0 Å². The Morgan fingerprint density at radius 3 is 1.34 bits per heavy atom. The fourth-order valence-electron chi connectivity index (χ4n) is 11.7. The number of oxime groups is 1. The highest BCUT2D eigenvalue weighted by Crippen LogP contribution is 2.43. The van der Waals surface area contributed by atoms with Crippen LogP contribution in [0.5, 0.6) is 0 Å². The number of rotatable bonds is 30. The van der Waals surface area contributed by atoms with E-state index in [0.717, 1.165) is 137 Å². The Balaban J connectivity index is 0.000000288. The molecule has 6 N–H and O–H groups in total. The van der Waals surface area contributed by atoms with E-state index in [1.807, 2.05) is 18.2 Å². The second kappa shape index (κ2) is 50.9. The summed E-state index contributed by atoms with van der Waals surface area (Å²) in [6.45, 7) is 27.2. The smallest absolute Gasteiger partial charge is 0.372 e. The molecular weight excluding hydrogens is 1530 g/mol. The van der Waals surface area contributed by atoms with Crippen LogP contribution in [-0.4, -0.2) is 155 Å². The molecule has 7 aromatic rings. The van der Waals surface area contributed by atoms with Crippen LogP contribution in [-0.2, 0) is 70.5 Å². The number of aliphatic hydroxyl groups excluding tert-OH is 2. The molecule has 7 heterocycles. The fraction of sp³-hybridized carbons (Fsp3) is 0.519. The van der Waals surface area contributed by atoms with Crippen LogP contribution in [0.2, 0.25) is 15.1 Å². The Morgan fingerprint density at radius 2 is 0.938 bits per heavy atom. The van der Waals surface area contributed by atoms with Crippen molar-refractivity contribution in [2.24, 2.45) is 5.16 Å². The predicted molar refractivity (Wildman–Crippen MR) is 430 cm³/mol. The molecule has 31 heteroatoms. The average molecular weight is 1640 g/mol. The van der Waals surface area contributed by atoms with Crippen LogP contribution in [0, 0.1) is 12.3 Å². The van der Waals surface area contributed by atoms with Crippen molar-refractivity contribution in [2.75, 3.05) is 87.5 Å². The molecule has 1 amide bonds. The van der Waals surface area contributed by atoms with E-state index in [1.165, 1.54) is 40.2 Å². The first-order chi connectivity index (χ1) is 53.6. The number of benzene rings is 3. The van der Waals surface area contributed by atoms with Crippen molar-refractivity contribution in [3.63, 3.8) is 0 Å². The zero-order valence-corrected chi connectivity index (χ0v) is 68.8. The van der Waals surface area contributed by atoms with Gasteiger partial charge >= 0.3 is 23.9 Å². The molecule has 0 atom stereocenters. The van der Waals surface area contributed by atoms with Gasteiger partial charge in [-0.25, -0.2) is 24.7 Å². The number of ether oxygens (including phenoxy) is 4. The minimum absolute atomic E-state index is 0.0894. The summed E-state index contributed by atoms with van der Waals surface area (Å²) >= 11 is 23.4. The van der Waals surface area contributed by atoms with Gasteiger partial charge < -0.3 is 72.4 Å². The normalized spacial score (nSPS) is 13.7. The first kappa shape index (κ1) is 95.4. The Labute approximate surface area is 676 Å². The number of anilines is 3. The van der Waals surface area contributed by atoms with E-state index in [-0.39, 0.29) is 58.8 Å². The number of nitrogens with one attached hydrogen (secondary N) is 2. The van der Waals surface area contributed by atoms with Crippen LogP contribution in [0.15, 0.2) is 102 Å². The number of unbranched alkanes of at least 4 members (excludes halogenated alkanes) is 6. The number of amides is 1. The minimum atomic E-state index is -0.818. The molecule has 0 radical (unpaired) electrons. The lowest BCUT2D eigenvalue weighted by Crippen LogP contribution is -2.37. The van der Waals surface area contributed by atoms with Crippen LogP contribution >= 0.6 is 46.4 Å². The molecule has 614 valence electrons. The van der Waals surface area contributed by atoms with Crippen molar-refractivity contribution in [2.45, 2.75) is 201 Å². The summed E-state index contributed by atoms with van der Waals surface area (Å²) in [4.78, 5) is 70.5. The molecule has 3 aromatic carbocycles. The molecule has 0 saturated heterocycles. The van der Waals surface area contributed by atoms with Crippen LogP contribution in [0.4, 0.5) is 17.1 Å². The van der Waals surface area contributed by atoms with Crippen LogP contribution in [0.25, 0.3) is 0 Å². The van der Waals surface area contributed by atoms with E-state index >= 15 is 0 Å². The average Bonchev–Trinajstić information content (AvgIpc) is 1.19. The summed E-state index contributed by atoms with van der Waals surface area (Å²) in [5.74, 6) is 2.25. The predicted octanol–water partition coefficient (Wildman–Crippen LogP) is 16.3. The Kier molecular flexibility index (Phi) is 43.3. The number of terminal acetylenes is 1. The monoisotopic (exact) mass is 1640 g/mol. The third-order valence-electron chi connectivity index (χ3n) is 17.9. The summed E-state index contributed by atoms with van der Waals surface area (Å²) in [5.41, 5.74) is 10.6. The zero-order chi connectivity index (χ0) is 82.7. The third kappa shape index (κ3) is 33.0. The third-order valence-corrected chi connectivity index (χ3v) is 18.8. The zero-order valence-electron chi connectivity index (χ0n) is 65.8. The number of aliphatic hydroxyl groups is 2. The summed E-state index contributed by atoms with van der Waals surface area (Å²) in [6.07, 6.45) is 21.2. The maximum absolute atomic E-state index is 11.6. The number of aromatic nitrogens is 4. The van der Waals surface area contributed by atoms with Crippen molar-refractivity contribution in [3.05, 3.63) is 156 Å². The number of aldehydes is 1. The molecule has 0 unspecified atom stereocenters. The molecule has 27 nitrogen and oxygen atoms in total. The van der Waals surface area contributed by atoms with Gasteiger partial charge in [-0.15, -0.1) is 12.3 Å². The van der Waals surface area contributed by atoms with Crippen molar-refractivity contribution in [1.29, 1.82) is 0 Å². The van der Waals surface area contributed by atoms with Crippen LogP contribution in [0.3, 0.4) is 0 Å². The van der Waals surface area contributed by atoms with Gasteiger partial charge in [0.15, 0.2) is 22.8 Å². The largest absolute Gasteiger partial charge is 0.461 e. The number of aryl methyl sites for hydroxylation is 4. The Morgan fingerprint density at radius 1 is 0.554 bits per heavy atom. The van der Waals surface area contributed by atoms with Crippen molar-refractivity contribution in [3.8, 4) is 12.3 Å². The van der Waals surface area contributed by atoms with E-state index in [9.17, 15) is 28.8 Å². The number of halogens is 4. The molecule has 0 aliphatic carbocycles. The second-order valence-corrected chi connectivity index (χ2v) is 29.4. The highest BCUT2D eigenvalue weighted by Gasteiger charge is 2.33. The molecule has 0 fully saturated rings.